The van der Waals surface area contributed by atoms with Crippen LogP contribution < -0.4 is 0 Å². The number of aromatic nitrogens is 1. The van der Waals surface area contributed by atoms with Crippen molar-refractivity contribution in [2.45, 2.75) is 18.2 Å². The minimum atomic E-state index is -2.60. The SMILES string of the molecule is COC(=O)Cc1cnc(CBr)c(C(F)F)c1. The van der Waals surface area contributed by atoms with E-state index >= 15 is 0 Å². The van der Waals surface area contributed by atoms with Gasteiger partial charge in [0.05, 0.1) is 19.2 Å². The van der Waals surface area contributed by atoms with Crippen molar-refractivity contribution in [2.75, 3.05) is 7.11 Å². The molecule has 1 aromatic rings. The van der Waals surface area contributed by atoms with Gasteiger partial charge in [-0.25, -0.2) is 8.78 Å². The standard InChI is InChI=1S/C10H10BrF2NO2/c1-16-9(15)3-6-2-7(10(12)13)8(4-11)14-5-6/h2,5,10H,3-4H2,1H3. The summed E-state index contributed by atoms with van der Waals surface area (Å²) in [7, 11) is 1.25. The summed E-state index contributed by atoms with van der Waals surface area (Å²) in [6.45, 7) is 0. The molecular formula is C10H10BrF2NO2. The normalized spacial score (nSPS) is 10.6. The third-order valence-electron chi connectivity index (χ3n) is 2.00. The van der Waals surface area contributed by atoms with Gasteiger partial charge in [-0.3, -0.25) is 9.78 Å². The van der Waals surface area contributed by atoms with E-state index < -0.39 is 12.4 Å². The fourth-order valence-electron chi connectivity index (χ4n) is 1.19. The molecule has 0 radical (unpaired) electrons. The van der Waals surface area contributed by atoms with E-state index in [9.17, 15) is 13.6 Å². The van der Waals surface area contributed by atoms with Crippen molar-refractivity contribution in [3.8, 4) is 0 Å². The molecule has 88 valence electrons. The maximum absolute atomic E-state index is 12.6. The maximum atomic E-state index is 12.6. The second-order valence-corrected chi connectivity index (χ2v) is 3.63. The minimum absolute atomic E-state index is 0.0498. The van der Waals surface area contributed by atoms with Crippen LogP contribution in [0.3, 0.4) is 0 Å². The van der Waals surface area contributed by atoms with Crippen LogP contribution in [0.5, 0.6) is 0 Å². The molecule has 0 N–H and O–H groups in total. The Kier molecular flexibility index (Phi) is 4.79. The lowest BCUT2D eigenvalue weighted by atomic mass is 10.1. The summed E-state index contributed by atoms with van der Waals surface area (Å²) in [5.74, 6) is -0.478. The monoisotopic (exact) mass is 293 g/mol. The lowest BCUT2D eigenvalue weighted by Gasteiger charge is -2.07. The molecule has 16 heavy (non-hydrogen) atoms. The van der Waals surface area contributed by atoms with Gasteiger partial charge >= 0.3 is 5.97 Å². The van der Waals surface area contributed by atoms with Crippen molar-refractivity contribution >= 4 is 21.9 Å². The van der Waals surface area contributed by atoms with Crippen molar-refractivity contribution < 1.29 is 18.3 Å². The number of pyridine rings is 1. The molecule has 0 saturated carbocycles. The number of alkyl halides is 3. The van der Waals surface area contributed by atoms with Crippen LogP contribution in [0.2, 0.25) is 0 Å². The average molecular weight is 294 g/mol. The van der Waals surface area contributed by atoms with E-state index in [1.165, 1.54) is 19.4 Å². The highest BCUT2D eigenvalue weighted by atomic mass is 79.9. The van der Waals surface area contributed by atoms with Gasteiger partial charge in [0.25, 0.3) is 6.43 Å². The topological polar surface area (TPSA) is 39.2 Å². The highest BCUT2D eigenvalue weighted by Crippen LogP contribution is 2.24. The Morgan fingerprint density at radius 2 is 2.31 bits per heavy atom. The van der Waals surface area contributed by atoms with Gasteiger partial charge in [0.15, 0.2) is 0 Å². The first kappa shape index (κ1) is 13.0. The third-order valence-corrected chi connectivity index (χ3v) is 2.53. The first-order chi connectivity index (χ1) is 7.58. The van der Waals surface area contributed by atoms with Crippen LogP contribution in [0.1, 0.15) is 23.2 Å². The Morgan fingerprint density at radius 1 is 1.62 bits per heavy atom. The maximum Gasteiger partial charge on any atom is 0.310 e. The molecular weight excluding hydrogens is 284 g/mol. The zero-order valence-corrected chi connectivity index (χ0v) is 10.1. The number of carbonyl (C=O) groups is 1. The predicted molar refractivity (Wildman–Crippen MR) is 57.5 cm³/mol. The number of halogens is 3. The number of methoxy groups -OCH3 is 1. The highest BCUT2D eigenvalue weighted by Gasteiger charge is 2.15. The summed E-state index contributed by atoms with van der Waals surface area (Å²) in [6, 6.07) is 1.28. The lowest BCUT2D eigenvalue weighted by Crippen LogP contribution is -2.06. The van der Waals surface area contributed by atoms with Gasteiger partial charge in [0.2, 0.25) is 0 Å². The first-order valence-corrected chi connectivity index (χ1v) is 5.59. The van der Waals surface area contributed by atoms with Crippen molar-refractivity contribution in [2.24, 2.45) is 0 Å². The number of ether oxygens (including phenoxy) is 1. The van der Waals surface area contributed by atoms with E-state index in [-0.39, 0.29) is 23.0 Å². The second-order valence-electron chi connectivity index (χ2n) is 3.07. The molecule has 0 saturated heterocycles. The molecule has 1 rings (SSSR count). The van der Waals surface area contributed by atoms with Crippen LogP contribution in [-0.4, -0.2) is 18.1 Å². The molecule has 0 aliphatic carbocycles. The largest absolute Gasteiger partial charge is 0.469 e. The summed E-state index contributed by atoms with van der Waals surface area (Å²) in [5, 5.41) is 0.255. The molecule has 1 heterocycles. The van der Waals surface area contributed by atoms with E-state index in [0.717, 1.165) is 0 Å². The summed E-state index contributed by atoms with van der Waals surface area (Å²) < 4.78 is 29.7. The van der Waals surface area contributed by atoms with Crippen molar-refractivity contribution in [1.29, 1.82) is 0 Å². The number of carbonyl (C=O) groups excluding carboxylic acids is 1. The van der Waals surface area contributed by atoms with Gasteiger partial charge in [-0.15, -0.1) is 0 Å². The molecule has 0 aliphatic rings. The van der Waals surface area contributed by atoms with Crippen LogP contribution in [0.25, 0.3) is 0 Å². The predicted octanol–water partition coefficient (Wildman–Crippen LogP) is 2.63. The van der Waals surface area contributed by atoms with E-state index in [1.54, 1.807) is 0 Å². The Balaban J connectivity index is 2.97. The smallest absolute Gasteiger partial charge is 0.310 e. The fourth-order valence-corrected chi connectivity index (χ4v) is 1.66. The Labute approximate surface area is 99.9 Å². The Hall–Kier alpha value is -1.04. The zero-order chi connectivity index (χ0) is 12.1. The number of esters is 1. The second kappa shape index (κ2) is 5.89. The molecule has 0 amide bonds. The van der Waals surface area contributed by atoms with Gasteiger partial charge in [-0.05, 0) is 11.6 Å². The van der Waals surface area contributed by atoms with Crippen molar-refractivity contribution in [1.82, 2.24) is 4.98 Å². The van der Waals surface area contributed by atoms with Crippen LogP contribution in [0, 0.1) is 0 Å². The number of rotatable bonds is 4. The molecule has 0 aliphatic heterocycles. The van der Waals surface area contributed by atoms with Gasteiger partial charge in [0, 0.05) is 17.1 Å². The van der Waals surface area contributed by atoms with Gasteiger partial charge in [-0.1, -0.05) is 15.9 Å². The molecule has 0 unspecified atom stereocenters. The quantitative estimate of drug-likeness (QED) is 0.633. The molecule has 6 heteroatoms. The molecule has 0 fully saturated rings. The van der Waals surface area contributed by atoms with Gasteiger partial charge < -0.3 is 4.74 Å². The minimum Gasteiger partial charge on any atom is -0.469 e. The molecule has 0 bridgehead atoms. The lowest BCUT2D eigenvalue weighted by molar-refractivity contribution is -0.139. The average Bonchev–Trinajstić information content (AvgIpc) is 2.28. The zero-order valence-electron chi connectivity index (χ0n) is 8.54. The van der Waals surface area contributed by atoms with Crippen molar-refractivity contribution in [3.05, 3.63) is 29.1 Å². The molecule has 0 atom stereocenters. The van der Waals surface area contributed by atoms with E-state index in [1.807, 2.05) is 0 Å². The first-order valence-electron chi connectivity index (χ1n) is 4.47. The Morgan fingerprint density at radius 3 is 2.81 bits per heavy atom. The van der Waals surface area contributed by atoms with Gasteiger partial charge in [0.1, 0.15) is 0 Å². The summed E-state index contributed by atoms with van der Waals surface area (Å²) in [4.78, 5) is 14.8. The third kappa shape index (κ3) is 3.23. The molecule has 3 nitrogen and oxygen atoms in total. The number of hydrogen-bond donors (Lipinski definition) is 0. The Bertz CT molecular complexity index is 385. The number of nitrogens with zero attached hydrogens (tertiary/aromatic N) is 1. The fraction of sp³-hybridized carbons (Fsp3) is 0.400. The summed E-state index contributed by atoms with van der Waals surface area (Å²) >= 11 is 3.08. The van der Waals surface area contributed by atoms with Gasteiger partial charge in [-0.2, -0.15) is 0 Å². The molecule has 1 aromatic heterocycles. The van der Waals surface area contributed by atoms with Crippen LogP contribution in [0.4, 0.5) is 8.78 Å². The van der Waals surface area contributed by atoms with Crippen LogP contribution in [0.15, 0.2) is 12.3 Å². The summed E-state index contributed by atoms with van der Waals surface area (Å²) in [6.07, 6.45) is -1.25. The van der Waals surface area contributed by atoms with E-state index in [2.05, 4.69) is 25.7 Å². The summed E-state index contributed by atoms with van der Waals surface area (Å²) in [5.41, 5.74) is 0.550. The van der Waals surface area contributed by atoms with E-state index in [0.29, 0.717) is 5.56 Å². The number of hydrogen-bond acceptors (Lipinski definition) is 3. The molecule has 0 aromatic carbocycles. The van der Waals surface area contributed by atoms with Crippen LogP contribution in [-0.2, 0) is 21.3 Å². The van der Waals surface area contributed by atoms with Crippen molar-refractivity contribution in [3.63, 3.8) is 0 Å². The van der Waals surface area contributed by atoms with Crippen LogP contribution >= 0.6 is 15.9 Å². The highest BCUT2D eigenvalue weighted by molar-refractivity contribution is 9.08. The molecule has 0 spiro atoms. The van der Waals surface area contributed by atoms with E-state index in [4.69, 9.17) is 0 Å².